The first-order valence-electron chi connectivity index (χ1n) is 10.6. The maximum absolute atomic E-state index is 13.5. The third kappa shape index (κ3) is 3.74. The first kappa shape index (κ1) is 20.5. The quantitative estimate of drug-likeness (QED) is 0.415. The molecule has 1 aliphatic heterocycles. The van der Waals surface area contributed by atoms with Gasteiger partial charge in [-0.2, -0.15) is 5.10 Å². The number of para-hydroxylation sites is 1. The lowest BCUT2D eigenvalue weighted by molar-refractivity contribution is 0.0729. The number of carbonyl (C=O) groups excluding carboxylic acids is 1. The van der Waals surface area contributed by atoms with Crippen molar-refractivity contribution in [1.29, 1.82) is 0 Å². The van der Waals surface area contributed by atoms with Gasteiger partial charge >= 0.3 is 0 Å². The highest BCUT2D eigenvalue weighted by atomic mass is 16.5. The number of amides is 1. The molecule has 0 saturated heterocycles. The molecule has 5 rings (SSSR count). The van der Waals surface area contributed by atoms with Gasteiger partial charge in [-0.3, -0.25) is 14.9 Å². The highest BCUT2D eigenvalue weighted by Crippen LogP contribution is 2.45. The molecule has 0 radical (unpaired) electrons. The first-order valence-corrected chi connectivity index (χ1v) is 10.6. The summed E-state index contributed by atoms with van der Waals surface area (Å²) in [6.07, 6.45) is 5.11. The van der Waals surface area contributed by atoms with Gasteiger partial charge in [-0.15, -0.1) is 0 Å². The Morgan fingerprint density at radius 3 is 2.73 bits per heavy atom. The van der Waals surface area contributed by atoms with Crippen molar-refractivity contribution in [1.82, 2.24) is 20.1 Å². The second-order valence-electron chi connectivity index (χ2n) is 7.74. The van der Waals surface area contributed by atoms with Crippen LogP contribution in [0.25, 0.3) is 11.3 Å². The fourth-order valence-corrected chi connectivity index (χ4v) is 4.20. The number of hydrogen-bond acceptors (Lipinski definition) is 5. The number of phenolic OH excluding ortho intramolecular Hbond substituents is 1. The molecule has 164 valence electrons. The maximum atomic E-state index is 13.5. The molecule has 2 N–H and O–H groups in total. The molecular formula is C26H22N4O3. The van der Waals surface area contributed by atoms with Crippen LogP contribution in [0.5, 0.6) is 11.5 Å². The molecule has 1 atom stereocenters. The highest BCUT2D eigenvalue weighted by molar-refractivity contribution is 6.00. The SMILES string of the molecule is C=CCOc1cccc([C@H]2c3c(-c4ccccc4O)n[nH]c3C(=O)N2Cc2ccncc2)c1. The Balaban J connectivity index is 1.65. The summed E-state index contributed by atoms with van der Waals surface area (Å²) in [4.78, 5) is 19.4. The summed E-state index contributed by atoms with van der Waals surface area (Å²) < 4.78 is 5.75. The highest BCUT2D eigenvalue weighted by Gasteiger charge is 2.42. The number of ether oxygens (including phenoxy) is 1. The van der Waals surface area contributed by atoms with Gasteiger partial charge in [0.2, 0.25) is 0 Å². The number of H-pyrrole nitrogens is 1. The van der Waals surface area contributed by atoms with E-state index >= 15 is 0 Å². The van der Waals surface area contributed by atoms with E-state index in [2.05, 4.69) is 21.8 Å². The van der Waals surface area contributed by atoms with Crippen LogP contribution in [0.2, 0.25) is 0 Å². The topological polar surface area (TPSA) is 91.3 Å². The van der Waals surface area contributed by atoms with Crippen LogP contribution in [0.1, 0.15) is 33.2 Å². The Morgan fingerprint density at radius 1 is 1.12 bits per heavy atom. The van der Waals surface area contributed by atoms with E-state index in [9.17, 15) is 9.90 Å². The summed E-state index contributed by atoms with van der Waals surface area (Å²) in [5, 5.41) is 17.8. The van der Waals surface area contributed by atoms with Crippen LogP contribution in [-0.2, 0) is 6.54 Å². The summed E-state index contributed by atoms with van der Waals surface area (Å²) in [5.74, 6) is 0.636. The number of nitrogens with one attached hydrogen (secondary N) is 1. The van der Waals surface area contributed by atoms with E-state index < -0.39 is 6.04 Å². The molecule has 1 aliphatic rings. The lowest BCUT2D eigenvalue weighted by Gasteiger charge is -2.27. The molecule has 0 spiro atoms. The van der Waals surface area contributed by atoms with Crippen LogP contribution in [0.15, 0.2) is 85.7 Å². The molecular weight excluding hydrogens is 416 g/mol. The van der Waals surface area contributed by atoms with Crippen LogP contribution in [0.4, 0.5) is 0 Å². The van der Waals surface area contributed by atoms with Gasteiger partial charge in [0.25, 0.3) is 5.91 Å². The van der Waals surface area contributed by atoms with E-state index in [1.54, 1.807) is 41.6 Å². The number of aromatic hydroxyl groups is 1. The maximum Gasteiger partial charge on any atom is 0.273 e. The smallest absolute Gasteiger partial charge is 0.273 e. The minimum Gasteiger partial charge on any atom is -0.507 e. The lowest BCUT2D eigenvalue weighted by atomic mass is 9.95. The second kappa shape index (κ2) is 8.63. The van der Waals surface area contributed by atoms with E-state index in [4.69, 9.17) is 4.74 Å². The third-order valence-electron chi connectivity index (χ3n) is 5.67. The Labute approximate surface area is 191 Å². The fraction of sp³-hybridized carbons (Fsp3) is 0.115. The Bertz CT molecular complexity index is 1320. The van der Waals surface area contributed by atoms with E-state index in [0.717, 1.165) is 16.7 Å². The predicted molar refractivity (Wildman–Crippen MR) is 124 cm³/mol. The molecule has 1 amide bonds. The third-order valence-corrected chi connectivity index (χ3v) is 5.67. The van der Waals surface area contributed by atoms with Crippen LogP contribution in [-0.4, -0.2) is 37.7 Å². The van der Waals surface area contributed by atoms with Crippen molar-refractivity contribution in [2.75, 3.05) is 6.61 Å². The zero-order chi connectivity index (χ0) is 22.8. The number of fused-ring (bicyclic) bond motifs is 1. The Kier molecular flexibility index (Phi) is 5.36. The number of rotatable bonds is 7. The van der Waals surface area contributed by atoms with Crippen molar-refractivity contribution >= 4 is 5.91 Å². The number of pyridine rings is 1. The molecule has 2 aromatic carbocycles. The Morgan fingerprint density at radius 2 is 1.94 bits per heavy atom. The van der Waals surface area contributed by atoms with Gasteiger partial charge in [0, 0.05) is 30.1 Å². The lowest BCUT2D eigenvalue weighted by Crippen LogP contribution is -2.29. The molecule has 33 heavy (non-hydrogen) atoms. The number of phenols is 1. The first-order chi connectivity index (χ1) is 16.2. The predicted octanol–water partition coefficient (Wildman–Crippen LogP) is 4.49. The zero-order valence-corrected chi connectivity index (χ0v) is 17.8. The van der Waals surface area contributed by atoms with Crippen molar-refractivity contribution < 1.29 is 14.6 Å². The van der Waals surface area contributed by atoms with Gasteiger partial charge in [0.05, 0.1) is 6.04 Å². The van der Waals surface area contributed by atoms with Gasteiger partial charge in [-0.05, 0) is 47.5 Å². The summed E-state index contributed by atoms with van der Waals surface area (Å²) in [6, 6.07) is 18.0. The summed E-state index contributed by atoms with van der Waals surface area (Å²) in [5.41, 5.74) is 4.12. The summed E-state index contributed by atoms with van der Waals surface area (Å²) >= 11 is 0. The fourth-order valence-electron chi connectivity index (χ4n) is 4.20. The van der Waals surface area contributed by atoms with Crippen LogP contribution < -0.4 is 4.74 Å². The molecule has 0 aliphatic carbocycles. The number of hydrogen-bond donors (Lipinski definition) is 2. The number of benzene rings is 2. The zero-order valence-electron chi connectivity index (χ0n) is 17.8. The summed E-state index contributed by atoms with van der Waals surface area (Å²) in [7, 11) is 0. The number of aromatic nitrogens is 3. The minimum absolute atomic E-state index is 0.105. The van der Waals surface area contributed by atoms with Crippen LogP contribution in [0, 0.1) is 0 Å². The van der Waals surface area contributed by atoms with Crippen molar-refractivity contribution in [2.24, 2.45) is 0 Å². The van der Waals surface area contributed by atoms with E-state index in [1.165, 1.54) is 0 Å². The Hall–Kier alpha value is -4.39. The number of nitrogens with zero attached hydrogens (tertiary/aromatic N) is 3. The average Bonchev–Trinajstić information content (AvgIpc) is 3.38. The van der Waals surface area contributed by atoms with Crippen molar-refractivity contribution in [3.05, 3.63) is 108 Å². The molecule has 4 aromatic rings. The van der Waals surface area contributed by atoms with Crippen molar-refractivity contribution in [3.63, 3.8) is 0 Å². The van der Waals surface area contributed by atoms with E-state index in [-0.39, 0.29) is 11.7 Å². The van der Waals surface area contributed by atoms with Gasteiger partial charge in [-0.25, -0.2) is 0 Å². The molecule has 0 saturated carbocycles. The van der Waals surface area contributed by atoms with Gasteiger partial charge < -0.3 is 14.7 Å². The van der Waals surface area contributed by atoms with Crippen molar-refractivity contribution in [3.8, 4) is 22.8 Å². The normalized spacial score (nSPS) is 14.8. The van der Waals surface area contributed by atoms with Crippen LogP contribution >= 0.6 is 0 Å². The van der Waals surface area contributed by atoms with Gasteiger partial charge in [0.1, 0.15) is 29.5 Å². The van der Waals surface area contributed by atoms with Gasteiger partial charge in [0.15, 0.2) is 0 Å². The molecule has 7 nitrogen and oxygen atoms in total. The molecule has 3 heterocycles. The molecule has 0 unspecified atom stereocenters. The standard InChI is InChI=1S/C26H22N4O3/c1-2-14-33-19-7-5-6-18(15-19)25-22-23(20-8-3-4-9-21(20)31)28-29-24(22)26(32)30(25)16-17-10-12-27-13-11-17/h2-13,15,25,31H,1,14,16H2,(H,28,29)/t25-/m0/s1. The second-order valence-corrected chi connectivity index (χ2v) is 7.74. The van der Waals surface area contributed by atoms with Crippen molar-refractivity contribution in [2.45, 2.75) is 12.6 Å². The average molecular weight is 438 g/mol. The summed E-state index contributed by atoms with van der Waals surface area (Å²) in [6.45, 7) is 4.48. The van der Waals surface area contributed by atoms with E-state index in [1.807, 2.05) is 42.5 Å². The number of aromatic amines is 1. The molecule has 7 heteroatoms. The largest absolute Gasteiger partial charge is 0.507 e. The van der Waals surface area contributed by atoms with E-state index in [0.29, 0.717) is 35.9 Å². The van der Waals surface area contributed by atoms with Gasteiger partial charge in [-0.1, -0.05) is 36.9 Å². The molecule has 0 bridgehead atoms. The van der Waals surface area contributed by atoms with Crippen LogP contribution in [0.3, 0.4) is 0 Å². The number of carbonyl (C=O) groups is 1. The molecule has 2 aromatic heterocycles. The minimum atomic E-state index is -0.415. The molecule has 0 fully saturated rings. The monoisotopic (exact) mass is 438 g/mol.